The third-order valence-electron chi connectivity index (χ3n) is 6.19. The zero-order chi connectivity index (χ0) is 23.7. The van der Waals surface area contributed by atoms with E-state index in [0.29, 0.717) is 33.0 Å². The molecule has 2 aliphatic carbocycles. The number of H-pyrrole nitrogens is 1. The molecule has 2 aliphatic rings. The topological polar surface area (TPSA) is 76.2 Å². The van der Waals surface area contributed by atoms with Gasteiger partial charge in [-0.05, 0) is 49.0 Å². The van der Waals surface area contributed by atoms with Crippen LogP contribution in [0.2, 0.25) is 10.0 Å². The third-order valence-corrected chi connectivity index (χ3v) is 7.22. The summed E-state index contributed by atoms with van der Waals surface area (Å²) in [5, 5.41) is 12.3. The minimum Gasteiger partial charge on any atom is -0.495 e. The number of allylic oxidation sites excluding steroid dienone is 2. The molecule has 0 spiro atoms. The van der Waals surface area contributed by atoms with Crippen molar-refractivity contribution < 1.29 is 14.3 Å². The van der Waals surface area contributed by atoms with Gasteiger partial charge in [-0.15, -0.1) is 0 Å². The van der Waals surface area contributed by atoms with Crippen LogP contribution in [0, 0.1) is 0 Å². The van der Waals surface area contributed by atoms with Crippen molar-refractivity contribution in [3.63, 3.8) is 0 Å². The van der Waals surface area contributed by atoms with Crippen molar-refractivity contribution in [2.75, 3.05) is 14.2 Å². The summed E-state index contributed by atoms with van der Waals surface area (Å²) in [7, 11) is 3.14. The highest BCUT2D eigenvalue weighted by Crippen LogP contribution is 2.47. The first-order chi connectivity index (χ1) is 15.9. The van der Waals surface area contributed by atoms with E-state index in [1.165, 1.54) is 6.08 Å². The van der Waals surface area contributed by atoms with E-state index >= 15 is 0 Å². The molecule has 33 heavy (non-hydrogen) atoms. The molecule has 0 radical (unpaired) electrons. The van der Waals surface area contributed by atoms with Gasteiger partial charge in [0.1, 0.15) is 11.5 Å². The summed E-state index contributed by atoms with van der Waals surface area (Å²) < 4.78 is 10.9. The fourth-order valence-corrected chi connectivity index (χ4v) is 5.60. The Balaban J connectivity index is 1.65. The molecule has 1 aromatic heterocycles. The fourth-order valence-electron chi connectivity index (χ4n) is 4.58. The Kier molecular flexibility index (Phi) is 7.07. The van der Waals surface area contributed by atoms with Crippen molar-refractivity contribution in [1.82, 2.24) is 15.5 Å². The van der Waals surface area contributed by atoms with E-state index in [0.717, 1.165) is 35.4 Å². The predicted octanol–water partition coefficient (Wildman–Crippen LogP) is 5.45. The molecule has 0 saturated heterocycles. The number of halogens is 3. The van der Waals surface area contributed by atoms with Gasteiger partial charge in [0.05, 0.1) is 36.0 Å². The molecule has 9 heteroatoms. The first-order valence-electron chi connectivity index (χ1n) is 10.5. The second-order valence-electron chi connectivity index (χ2n) is 8.00. The van der Waals surface area contributed by atoms with E-state index < -0.39 is 0 Å². The number of rotatable bonds is 6. The number of methoxy groups -OCH3 is 2. The van der Waals surface area contributed by atoms with Crippen LogP contribution in [0.3, 0.4) is 0 Å². The minimum absolute atomic E-state index is 0.0716. The number of nitrogens with one attached hydrogen (secondary N) is 2. The summed E-state index contributed by atoms with van der Waals surface area (Å²) in [4.78, 5) is 12.0. The smallest absolute Gasteiger partial charge is 0.243 e. The highest BCUT2D eigenvalue weighted by molar-refractivity contribution is 6.38. The number of amides is 1. The van der Waals surface area contributed by atoms with Gasteiger partial charge >= 0.3 is 0 Å². The van der Waals surface area contributed by atoms with Crippen LogP contribution in [-0.4, -0.2) is 36.4 Å². The molecule has 2 N–H and O–H groups in total. The van der Waals surface area contributed by atoms with E-state index in [9.17, 15) is 4.79 Å². The van der Waals surface area contributed by atoms with E-state index in [1.807, 2.05) is 18.2 Å². The molecular formula is C24H24Cl3N3O3. The lowest BCUT2D eigenvalue weighted by atomic mass is 9.79. The summed E-state index contributed by atoms with van der Waals surface area (Å²) in [5.41, 5.74) is 3.89. The molecule has 1 heterocycles. The molecule has 0 fully saturated rings. The van der Waals surface area contributed by atoms with Crippen molar-refractivity contribution in [1.29, 1.82) is 0 Å². The Bertz CT molecular complexity index is 1130. The van der Waals surface area contributed by atoms with Gasteiger partial charge in [0, 0.05) is 28.3 Å². The fraction of sp³-hybridized carbons (Fsp3) is 0.333. The summed E-state index contributed by atoms with van der Waals surface area (Å²) in [6.45, 7) is 3.53. The summed E-state index contributed by atoms with van der Waals surface area (Å²) >= 11 is 19.5. The van der Waals surface area contributed by atoms with Crippen molar-refractivity contribution in [3.05, 3.63) is 74.5 Å². The lowest BCUT2D eigenvalue weighted by Crippen LogP contribution is -2.38. The maximum atomic E-state index is 12.0. The van der Waals surface area contributed by atoms with Crippen molar-refractivity contribution in [2.24, 2.45) is 0 Å². The first kappa shape index (κ1) is 23.7. The number of nitrogens with zero attached hydrogens (tertiary/aromatic N) is 1. The van der Waals surface area contributed by atoms with Crippen molar-refractivity contribution in [2.45, 2.75) is 37.1 Å². The average Bonchev–Trinajstić information content (AvgIpc) is 3.22. The number of ether oxygens (including phenoxy) is 2. The Morgan fingerprint density at radius 3 is 2.58 bits per heavy atom. The number of benzene rings is 1. The summed E-state index contributed by atoms with van der Waals surface area (Å²) in [6, 6.07) is 1.38. The Hall–Kier alpha value is -2.41. The molecule has 4 rings (SSSR count). The van der Waals surface area contributed by atoms with E-state index in [-0.39, 0.29) is 23.8 Å². The van der Waals surface area contributed by atoms with Gasteiger partial charge in [-0.25, -0.2) is 0 Å². The molecule has 3 atom stereocenters. The lowest BCUT2D eigenvalue weighted by molar-refractivity contribution is -0.116. The third kappa shape index (κ3) is 4.52. The molecule has 2 unspecified atom stereocenters. The van der Waals surface area contributed by atoms with E-state index in [4.69, 9.17) is 44.3 Å². The molecule has 0 bridgehead atoms. The van der Waals surface area contributed by atoms with E-state index in [2.05, 4.69) is 22.1 Å². The molecule has 6 nitrogen and oxygen atoms in total. The van der Waals surface area contributed by atoms with Gasteiger partial charge < -0.3 is 14.8 Å². The predicted molar refractivity (Wildman–Crippen MR) is 131 cm³/mol. The second kappa shape index (κ2) is 9.84. The number of carbonyl (C=O) groups excluding carboxylic acids is 1. The number of aromatic amines is 1. The Morgan fingerprint density at radius 2 is 1.94 bits per heavy atom. The molecule has 174 valence electrons. The molecule has 0 saturated carbocycles. The average molecular weight is 509 g/mol. The van der Waals surface area contributed by atoms with Crippen LogP contribution in [0.4, 0.5) is 0 Å². The monoisotopic (exact) mass is 507 g/mol. The molecule has 2 aromatic rings. The van der Waals surface area contributed by atoms with Crippen LogP contribution >= 0.6 is 34.8 Å². The number of carbonyl (C=O) groups is 1. The van der Waals surface area contributed by atoms with Crippen molar-refractivity contribution in [3.8, 4) is 11.5 Å². The summed E-state index contributed by atoms with van der Waals surface area (Å²) in [6.07, 6.45) is 9.17. The van der Waals surface area contributed by atoms with Gasteiger partial charge in [0.15, 0.2) is 0 Å². The van der Waals surface area contributed by atoms with Gasteiger partial charge in [0.2, 0.25) is 5.91 Å². The zero-order valence-corrected chi connectivity index (χ0v) is 20.5. The van der Waals surface area contributed by atoms with Gasteiger partial charge in [0.25, 0.3) is 0 Å². The standard InChI is InChI=1S/C24H24Cl3N3O3/c1-4-20(31)28-16-10-13(25)6-8-14(16)24-15-7-5-12(9-17(15)29-30-24)21-22(26)18(32-2)11-19(33-3)23(21)27/h4,6,8,10-12,14,16H,1,5,7,9H2,2-3H3,(H,28,31)(H,29,30)/t12-,14?,16?/m1/s1. The van der Waals surface area contributed by atoms with Crippen LogP contribution in [0.25, 0.3) is 0 Å². The van der Waals surface area contributed by atoms with Crippen LogP contribution < -0.4 is 14.8 Å². The summed E-state index contributed by atoms with van der Waals surface area (Å²) in [5.74, 6) is 0.725. The van der Waals surface area contributed by atoms with Crippen LogP contribution in [0.5, 0.6) is 11.5 Å². The Labute approximate surface area is 207 Å². The normalized spacial score (nSPS) is 21.7. The molecule has 1 aromatic carbocycles. The Morgan fingerprint density at radius 1 is 1.24 bits per heavy atom. The largest absolute Gasteiger partial charge is 0.495 e. The van der Waals surface area contributed by atoms with Crippen molar-refractivity contribution >= 4 is 40.7 Å². The van der Waals surface area contributed by atoms with Crippen LogP contribution in [0.1, 0.15) is 40.8 Å². The quantitative estimate of drug-likeness (QED) is 0.509. The minimum atomic E-state index is -0.315. The number of hydrogen-bond donors (Lipinski definition) is 2. The van der Waals surface area contributed by atoms with Crippen LogP contribution in [-0.2, 0) is 17.6 Å². The van der Waals surface area contributed by atoms with Crippen LogP contribution in [0.15, 0.2) is 42.0 Å². The SMILES string of the molecule is C=CC(=O)NC1C=C(Cl)C=CC1c1n[nH]c2c1CC[C@@H](c1c(Cl)c(OC)cc(OC)c1Cl)C2. The molecule has 0 aliphatic heterocycles. The maximum absolute atomic E-state index is 12.0. The number of fused-ring (bicyclic) bond motifs is 1. The van der Waals surface area contributed by atoms with E-state index in [1.54, 1.807) is 20.3 Å². The maximum Gasteiger partial charge on any atom is 0.243 e. The zero-order valence-electron chi connectivity index (χ0n) is 18.3. The molecule has 1 amide bonds. The highest BCUT2D eigenvalue weighted by Gasteiger charge is 2.34. The van der Waals surface area contributed by atoms with Gasteiger partial charge in [-0.1, -0.05) is 47.5 Å². The number of hydrogen-bond acceptors (Lipinski definition) is 4. The number of aromatic nitrogens is 2. The van der Waals surface area contributed by atoms with Gasteiger partial charge in [-0.2, -0.15) is 5.10 Å². The highest BCUT2D eigenvalue weighted by atomic mass is 35.5. The first-order valence-corrected chi connectivity index (χ1v) is 11.7. The van der Waals surface area contributed by atoms with Gasteiger partial charge in [-0.3, -0.25) is 9.89 Å². The molecular weight excluding hydrogens is 485 g/mol. The lowest BCUT2D eigenvalue weighted by Gasteiger charge is -2.28. The second-order valence-corrected chi connectivity index (χ2v) is 9.20.